The molecule has 0 unspecified atom stereocenters. The van der Waals surface area contributed by atoms with Crippen LogP contribution in [-0.2, 0) is 0 Å². The first kappa shape index (κ1) is 15.0. The smallest absolute Gasteiger partial charge is 0.260 e. The fourth-order valence-electron chi connectivity index (χ4n) is 1.60. The van der Waals surface area contributed by atoms with Crippen LogP contribution in [0, 0.1) is 11.8 Å². The number of aromatic nitrogens is 1. The third-order valence-corrected chi connectivity index (χ3v) is 3.03. The number of phenolic OH excluding ortho intramolecular Hbond substituents is 1. The number of rotatable bonds is 2. The van der Waals surface area contributed by atoms with Gasteiger partial charge < -0.3 is 16.2 Å². The minimum atomic E-state index is -0.453. The molecule has 0 fully saturated rings. The molecule has 2 aromatic rings. The second-order valence-corrected chi connectivity index (χ2v) is 4.97. The summed E-state index contributed by atoms with van der Waals surface area (Å²) in [6.45, 7) is 0.260. The summed E-state index contributed by atoms with van der Waals surface area (Å²) in [4.78, 5) is 16.2. The SMILES string of the molecule is NCC#Cc1ccnc(NC(=O)c2cc(Br)ccc2O)c1. The van der Waals surface area contributed by atoms with Crippen LogP contribution in [0.3, 0.4) is 0 Å². The Morgan fingerprint density at radius 3 is 2.95 bits per heavy atom. The molecule has 2 rings (SSSR count). The van der Waals surface area contributed by atoms with E-state index in [2.05, 4.69) is 38.1 Å². The summed E-state index contributed by atoms with van der Waals surface area (Å²) in [7, 11) is 0. The molecule has 1 amide bonds. The number of hydrogen-bond acceptors (Lipinski definition) is 4. The molecule has 5 nitrogen and oxygen atoms in total. The number of anilines is 1. The number of benzene rings is 1. The predicted octanol–water partition coefficient (Wildman–Crippen LogP) is 2.11. The maximum absolute atomic E-state index is 12.1. The van der Waals surface area contributed by atoms with Crippen molar-refractivity contribution in [1.82, 2.24) is 4.98 Å². The van der Waals surface area contributed by atoms with Crippen LogP contribution in [0.2, 0.25) is 0 Å². The number of nitrogens with two attached hydrogens (primary N) is 1. The van der Waals surface area contributed by atoms with Gasteiger partial charge in [-0.15, -0.1) is 0 Å². The minimum Gasteiger partial charge on any atom is -0.507 e. The number of amides is 1. The highest BCUT2D eigenvalue weighted by atomic mass is 79.9. The molecular formula is C15H12BrN3O2. The van der Waals surface area contributed by atoms with Gasteiger partial charge in [0.25, 0.3) is 5.91 Å². The van der Waals surface area contributed by atoms with Crippen molar-refractivity contribution in [2.45, 2.75) is 0 Å². The Morgan fingerprint density at radius 1 is 1.38 bits per heavy atom. The summed E-state index contributed by atoms with van der Waals surface area (Å²) >= 11 is 3.25. The lowest BCUT2D eigenvalue weighted by Crippen LogP contribution is -2.13. The quantitative estimate of drug-likeness (QED) is 0.727. The molecule has 0 bridgehead atoms. The lowest BCUT2D eigenvalue weighted by Gasteiger charge is -2.07. The highest BCUT2D eigenvalue weighted by Gasteiger charge is 2.12. The number of phenols is 1. The van der Waals surface area contributed by atoms with E-state index in [-0.39, 0.29) is 17.9 Å². The maximum Gasteiger partial charge on any atom is 0.260 e. The Bertz CT molecular complexity index is 735. The van der Waals surface area contributed by atoms with Crippen LogP contribution in [0.25, 0.3) is 0 Å². The molecule has 0 radical (unpaired) electrons. The number of nitrogens with zero attached hydrogens (tertiary/aromatic N) is 1. The molecule has 1 aromatic carbocycles. The number of carbonyl (C=O) groups is 1. The van der Waals surface area contributed by atoms with Gasteiger partial charge in [-0.25, -0.2) is 4.98 Å². The van der Waals surface area contributed by atoms with Gasteiger partial charge in [-0.2, -0.15) is 0 Å². The van der Waals surface area contributed by atoms with E-state index < -0.39 is 5.91 Å². The van der Waals surface area contributed by atoms with E-state index >= 15 is 0 Å². The molecule has 0 spiro atoms. The number of nitrogens with one attached hydrogen (secondary N) is 1. The average molecular weight is 346 g/mol. The second kappa shape index (κ2) is 6.88. The Morgan fingerprint density at radius 2 is 2.19 bits per heavy atom. The molecule has 4 N–H and O–H groups in total. The molecular weight excluding hydrogens is 334 g/mol. The van der Waals surface area contributed by atoms with Gasteiger partial charge in [0.1, 0.15) is 11.6 Å². The Balaban J connectivity index is 2.21. The van der Waals surface area contributed by atoms with E-state index in [4.69, 9.17) is 5.73 Å². The van der Waals surface area contributed by atoms with Crippen molar-refractivity contribution in [3.63, 3.8) is 0 Å². The molecule has 0 atom stereocenters. The van der Waals surface area contributed by atoms with E-state index in [1.54, 1.807) is 18.2 Å². The number of aromatic hydroxyl groups is 1. The molecule has 0 saturated heterocycles. The average Bonchev–Trinajstić information content (AvgIpc) is 2.48. The standard InChI is InChI=1S/C15H12BrN3O2/c16-11-3-4-13(20)12(9-11)15(21)19-14-8-10(2-1-6-17)5-7-18-14/h3-5,7-9,20H,6,17H2,(H,18,19,21). The van der Waals surface area contributed by atoms with Crippen molar-refractivity contribution < 1.29 is 9.90 Å². The number of carbonyl (C=O) groups excluding carboxylic acids is 1. The van der Waals surface area contributed by atoms with E-state index in [1.807, 2.05) is 0 Å². The fourth-order valence-corrected chi connectivity index (χ4v) is 1.96. The molecule has 0 aliphatic heterocycles. The van der Waals surface area contributed by atoms with Crippen molar-refractivity contribution in [1.29, 1.82) is 0 Å². The number of halogens is 1. The minimum absolute atomic E-state index is 0.102. The first-order valence-electron chi connectivity index (χ1n) is 6.05. The molecule has 1 aromatic heterocycles. The van der Waals surface area contributed by atoms with Crippen LogP contribution in [0.15, 0.2) is 41.0 Å². The lowest BCUT2D eigenvalue weighted by molar-refractivity contribution is 0.102. The zero-order valence-corrected chi connectivity index (χ0v) is 12.5. The fraction of sp³-hybridized carbons (Fsp3) is 0.0667. The Labute approximate surface area is 130 Å². The van der Waals surface area contributed by atoms with Gasteiger partial charge in [-0.1, -0.05) is 27.8 Å². The highest BCUT2D eigenvalue weighted by Crippen LogP contribution is 2.22. The normalized spacial score (nSPS) is 9.62. The van der Waals surface area contributed by atoms with Crippen molar-refractivity contribution in [3.8, 4) is 17.6 Å². The number of pyridine rings is 1. The molecule has 6 heteroatoms. The van der Waals surface area contributed by atoms with E-state index in [9.17, 15) is 9.90 Å². The second-order valence-electron chi connectivity index (χ2n) is 4.05. The summed E-state index contributed by atoms with van der Waals surface area (Å²) in [5, 5.41) is 12.3. The van der Waals surface area contributed by atoms with Gasteiger partial charge in [0, 0.05) is 16.2 Å². The van der Waals surface area contributed by atoms with Crippen LogP contribution < -0.4 is 11.1 Å². The molecule has 106 valence electrons. The van der Waals surface area contributed by atoms with Crippen LogP contribution in [-0.4, -0.2) is 22.5 Å². The summed E-state index contributed by atoms with van der Waals surface area (Å²) in [5.41, 5.74) is 6.17. The maximum atomic E-state index is 12.1. The summed E-state index contributed by atoms with van der Waals surface area (Å²) in [5.74, 6) is 5.37. The third-order valence-electron chi connectivity index (χ3n) is 2.54. The van der Waals surface area contributed by atoms with Gasteiger partial charge in [0.15, 0.2) is 0 Å². The van der Waals surface area contributed by atoms with Gasteiger partial charge in [0.05, 0.1) is 12.1 Å². The summed E-state index contributed by atoms with van der Waals surface area (Å²) in [6.07, 6.45) is 1.54. The zero-order valence-electron chi connectivity index (χ0n) is 10.9. The summed E-state index contributed by atoms with van der Waals surface area (Å²) < 4.78 is 0.695. The van der Waals surface area contributed by atoms with Crippen molar-refractivity contribution in [2.75, 3.05) is 11.9 Å². The Hall–Kier alpha value is -2.36. The zero-order chi connectivity index (χ0) is 15.2. The van der Waals surface area contributed by atoms with Crippen molar-refractivity contribution in [3.05, 3.63) is 52.1 Å². The number of hydrogen-bond donors (Lipinski definition) is 3. The molecule has 0 aliphatic carbocycles. The van der Waals surface area contributed by atoms with Crippen LogP contribution >= 0.6 is 15.9 Å². The van der Waals surface area contributed by atoms with Gasteiger partial charge in [0.2, 0.25) is 0 Å². The monoisotopic (exact) mass is 345 g/mol. The molecule has 0 saturated carbocycles. The molecule has 1 heterocycles. The molecule has 0 aliphatic rings. The van der Waals surface area contributed by atoms with Crippen LogP contribution in [0.4, 0.5) is 5.82 Å². The topological polar surface area (TPSA) is 88.2 Å². The van der Waals surface area contributed by atoms with E-state index in [1.165, 1.54) is 18.3 Å². The molecule has 21 heavy (non-hydrogen) atoms. The van der Waals surface area contributed by atoms with Crippen LogP contribution in [0.5, 0.6) is 5.75 Å². The van der Waals surface area contributed by atoms with Crippen molar-refractivity contribution in [2.24, 2.45) is 5.73 Å². The first-order chi connectivity index (χ1) is 10.1. The summed E-state index contributed by atoms with van der Waals surface area (Å²) in [6, 6.07) is 7.97. The Kier molecular flexibility index (Phi) is 4.93. The largest absolute Gasteiger partial charge is 0.507 e. The van der Waals surface area contributed by atoms with Gasteiger partial charge in [-0.3, -0.25) is 4.79 Å². The van der Waals surface area contributed by atoms with Gasteiger partial charge in [-0.05, 0) is 30.3 Å². The van der Waals surface area contributed by atoms with E-state index in [0.717, 1.165) is 0 Å². The third kappa shape index (κ3) is 4.05. The predicted molar refractivity (Wildman–Crippen MR) is 83.9 cm³/mol. The first-order valence-corrected chi connectivity index (χ1v) is 6.84. The highest BCUT2D eigenvalue weighted by molar-refractivity contribution is 9.10. The van der Waals surface area contributed by atoms with Crippen molar-refractivity contribution >= 4 is 27.7 Å². The van der Waals surface area contributed by atoms with Gasteiger partial charge >= 0.3 is 0 Å². The van der Waals surface area contributed by atoms with Crippen LogP contribution in [0.1, 0.15) is 15.9 Å². The van der Waals surface area contributed by atoms with E-state index in [0.29, 0.717) is 15.9 Å². The lowest BCUT2D eigenvalue weighted by atomic mass is 10.2.